The second kappa shape index (κ2) is 14.4. The lowest BCUT2D eigenvalue weighted by Crippen LogP contribution is -2.26. The summed E-state index contributed by atoms with van der Waals surface area (Å²) in [5, 5.41) is 0. The van der Waals surface area contributed by atoms with Gasteiger partial charge in [0.25, 0.3) is 0 Å². The quantitative estimate of drug-likeness (QED) is 0.167. The fourth-order valence-corrected chi connectivity index (χ4v) is 10.6. The lowest BCUT2D eigenvalue weighted by Gasteiger charge is -2.32. The van der Waals surface area contributed by atoms with Crippen LogP contribution in [-0.2, 0) is 5.41 Å². The predicted molar refractivity (Wildman–Crippen MR) is 259 cm³/mol. The van der Waals surface area contributed by atoms with Crippen molar-refractivity contribution in [1.29, 1.82) is 0 Å². The third-order valence-electron chi connectivity index (χ3n) is 13.4. The second-order valence-corrected chi connectivity index (χ2v) is 16.9. The first kappa shape index (κ1) is 36.3. The number of benzene rings is 8. The van der Waals surface area contributed by atoms with Gasteiger partial charge in [0.1, 0.15) is 0 Å². The van der Waals surface area contributed by atoms with Gasteiger partial charge in [0.2, 0.25) is 0 Å². The molecule has 4 aliphatic rings. The number of ether oxygens (including phenoxy) is 2. The van der Waals surface area contributed by atoms with Crippen molar-refractivity contribution in [3.05, 3.63) is 252 Å². The molecular weight excluding hydrogens is 779 g/mol. The Kier molecular flexibility index (Phi) is 8.17. The molecule has 1 unspecified atom stereocenters. The Morgan fingerprint density at radius 2 is 1.00 bits per heavy atom. The summed E-state index contributed by atoms with van der Waals surface area (Å²) in [7, 11) is 0. The molecule has 0 aromatic heterocycles. The van der Waals surface area contributed by atoms with Gasteiger partial charge in [-0.2, -0.15) is 0 Å². The number of anilines is 3. The molecule has 3 nitrogen and oxygen atoms in total. The molecule has 1 spiro atoms. The smallest absolute Gasteiger partial charge is 0.172 e. The maximum absolute atomic E-state index is 7.02. The summed E-state index contributed by atoms with van der Waals surface area (Å²) in [6.45, 7) is 0. The Morgan fingerprint density at radius 1 is 0.406 bits per heavy atom. The molecule has 9 aromatic rings. The maximum atomic E-state index is 7.02. The molecule has 9 aromatic carbocycles. The van der Waals surface area contributed by atoms with Crippen LogP contribution in [0.25, 0.3) is 50.1 Å². The van der Waals surface area contributed by atoms with Crippen LogP contribution in [0.2, 0.25) is 0 Å². The van der Waals surface area contributed by atoms with Crippen LogP contribution in [0.5, 0.6) is 23.0 Å². The minimum absolute atomic E-state index is 0.435. The van der Waals surface area contributed by atoms with Gasteiger partial charge < -0.3 is 14.4 Å². The van der Waals surface area contributed by atoms with Gasteiger partial charge in [-0.05, 0) is 145 Å². The van der Waals surface area contributed by atoms with Crippen LogP contribution in [-0.4, -0.2) is 0 Å². The number of rotatable bonds is 6. The molecule has 0 fully saturated rings. The van der Waals surface area contributed by atoms with E-state index in [-0.39, 0.29) is 0 Å². The summed E-state index contributed by atoms with van der Waals surface area (Å²) < 4.78 is 13.8. The van der Waals surface area contributed by atoms with Crippen molar-refractivity contribution >= 4 is 22.6 Å². The molecule has 0 radical (unpaired) electrons. The summed E-state index contributed by atoms with van der Waals surface area (Å²) in [4.78, 5) is 2.23. The molecule has 0 saturated heterocycles. The fourth-order valence-electron chi connectivity index (χ4n) is 10.6. The van der Waals surface area contributed by atoms with Gasteiger partial charge in [0.05, 0.1) is 16.8 Å². The minimum Gasteiger partial charge on any atom is -0.449 e. The molecule has 0 N–H and O–H groups in total. The van der Waals surface area contributed by atoms with Crippen LogP contribution in [0, 0.1) is 12.1 Å². The number of nitrogens with zero attached hydrogens (tertiary/aromatic N) is 1. The first-order valence-corrected chi connectivity index (χ1v) is 22.0. The summed E-state index contributed by atoms with van der Waals surface area (Å²) in [6.07, 6.45) is 6.99. The zero-order chi connectivity index (χ0) is 42.2. The van der Waals surface area contributed by atoms with Crippen LogP contribution in [0.15, 0.2) is 218 Å². The third-order valence-corrected chi connectivity index (χ3v) is 13.4. The van der Waals surface area contributed by atoms with Crippen molar-refractivity contribution in [3.63, 3.8) is 0 Å². The van der Waals surface area contributed by atoms with Crippen molar-refractivity contribution in [2.45, 2.75) is 18.3 Å². The van der Waals surface area contributed by atoms with Crippen molar-refractivity contribution in [2.75, 3.05) is 4.90 Å². The summed E-state index contributed by atoms with van der Waals surface area (Å²) in [5.41, 5.74) is 19.5. The molecule has 13 rings (SSSR count). The highest BCUT2D eigenvalue weighted by molar-refractivity contribution is 6.01. The zero-order valence-corrected chi connectivity index (χ0v) is 34.9. The largest absolute Gasteiger partial charge is 0.449 e. The Morgan fingerprint density at radius 3 is 1.80 bits per heavy atom. The molecule has 1 aliphatic heterocycles. The van der Waals surface area contributed by atoms with Gasteiger partial charge in [0, 0.05) is 11.8 Å². The number of hydrogen-bond donors (Lipinski definition) is 0. The van der Waals surface area contributed by atoms with Crippen LogP contribution in [0.4, 0.5) is 17.1 Å². The number of hydrogen-bond acceptors (Lipinski definition) is 3. The van der Waals surface area contributed by atoms with Crippen molar-refractivity contribution in [2.24, 2.45) is 0 Å². The van der Waals surface area contributed by atoms with E-state index >= 15 is 0 Å². The van der Waals surface area contributed by atoms with E-state index in [0.717, 1.165) is 52.2 Å². The van der Waals surface area contributed by atoms with E-state index in [1.807, 2.05) is 18.2 Å². The molecule has 64 heavy (non-hydrogen) atoms. The number of allylic oxidation sites excluding steroid dienone is 4. The predicted octanol–water partition coefficient (Wildman–Crippen LogP) is 16.1. The van der Waals surface area contributed by atoms with Crippen molar-refractivity contribution in [1.82, 2.24) is 0 Å². The van der Waals surface area contributed by atoms with Gasteiger partial charge in [-0.1, -0.05) is 164 Å². The van der Waals surface area contributed by atoms with Gasteiger partial charge in [-0.15, -0.1) is 0 Å². The van der Waals surface area contributed by atoms with E-state index in [4.69, 9.17) is 9.47 Å². The molecule has 3 heteroatoms. The molecule has 1 atom stereocenters. The molecule has 0 bridgehead atoms. The normalized spacial score (nSPS) is 15.8. The van der Waals surface area contributed by atoms with E-state index in [0.29, 0.717) is 23.0 Å². The summed E-state index contributed by atoms with van der Waals surface area (Å²) >= 11 is 0. The summed E-state index contributed by atoms with van der Waals surface area (Å²) in [6, 6.07) is 78.0. The molecule has 0 amide bonds. The highest BCUT2D eigenvalue weighted by Crippen LogP contribution is 2.66. The van der Waals surface area contributed by atoms with E-state index in [1.54, 1.807) is 0 Å². The van der Waals surface area contributed by atoms with Crippen LogP contribution < -0.4 is 14.4 Å². The monoisotopic (exact) mass is 817 g/mol. The van der Waals surface area contributed by atoms with Crippen molar-refractivity contribution in [3.8, 4) is 67.5 Å². The molecule has 3 aliphatic carbocycles. The lowest BCUT2D eigenvalue weighted by atomic mass is 9.69. The highest BCUT2D eigenvalue weighted by Gasteiger charge is 2.54. The van der Waals surface area contributed by atoms with E-state index < -0.39 is 5.41 Å². The molecule has 0 saturated carbocycles. The zero-order valence-electron chi connectivity index (χ0n) is 34.9. The van der Waals surface area contributed by atoms with Crippen molar-refractivity contribution < 1.29 is 9.47 Å². The van der Waals surface area contributed by atoms with E-state index in [1.165, 1.54) is 55.7 Å². The first-order valence-electron chi connectivity index (χ1n) is 22.0. The molecule has 1 heterocycles. The average Bonchev–Trinajstić information content (AvgIpc) is 3.83. The van der Waals surface area contributed by atoms with E-state index in [9.17, 15) is 0 Å². The van der Waals surface area contributed by atoms with Gasteiger partial charge in [-0.25, -0.2) is 0 Å². The van der Waals surface area contributed by atoms with Gasteiger partial charge in [0.15, 0.2) is 23.0 Å². The Bertz CT molecular complexity index is 3380. The van der Waals surface area contributed by atoms with Crippen LogP contribution in [0.3, 0.4) is 0 Å². The maximum Gasteiger partial charge on any atom is 0.172 e. The Labute approximate surface area is 373 Å². The number of fused-ring (bicyclic) bond motifs is 12. The van der Waals surface area contributed by atoms with Crippen LogP contribution in [0.1, 0.15) is 35.1 Å². The van der Waals surface area contributed by atoms with Gasteiger partial charge in [-0.3, -0.25) is 0 Å². The minimum atomic E-state index is -0.435. The summed E-state index contributed by atoms with van der Waals surface area (Å²) in [5.74, 6) is 2.75. The standard InChI is InChI=1S/C61H39NO2/c1-3-15-40(16-4-1)42-29-31-43(32-30-42)45-20-14-22-47(36-45)62(46-21-13-19-44(35-46)41-17-5-2-6-18-41)48-33-34-57-58(37-48)64-60-39-56-52(38-59(60)63-57)51-25-9-12-28-55(51)61(56)53-26-10-7-23-49(53)50-24-8-11-27-54(50)61/h1-7,9-10,12-13,15-21,23-39H,8,11H2. The highest BCUT2D eigenvalue weighted by atomic mass is 16.6. The Hall–Kier alpha value is -8.32. The molecular formula is C61H39NO2. The Balaban J connectivity index is 0.922. The SMILES string of the molecule is c1cc(-c2ccc(-c3ccccc3)cc2)cc(N(c2cccc(-c3ccccc3)c2)c2ccc3c(c2)Oc2cc4c(cc2O3)-c2ccccc2C42C3=CCCC=C3c3ccccc32)c#1. The molecule has 300 valence electrons. The first-order chi connectivity index (χ1) is 31.7. The average molecular weight is 818 g/mol. The van der Waals surface area contributed by atoms with E-state index in [2.05, 4.69) is 211 Å². The third kappa shape index (κ3) is 5.56. The lowest BCUT2D eigenvalue weighted by molar-refractivity contribution is 0.359. The fraction of sp³-hybridized carbons (Fsp3) is 0.0492. The van der Waals surface area contributed by atoms with Gasteiger partial charge >= 0.3 is 0 Å². The second-order valence-electron chi connectivity index (χ2n) is 16.9. The topological polar surface area (TPSA) is 21.7 Å². The van der Waals surface area contributed by atoms with Crippen LogP contribution >= 0.6 is 0 Å².